The van der Waals surface area contributed by atoms with Gasteiger partial charge in [-0.3, -0.25) is 4.79 Å². The number of fused-ring (bicyclic) bond motifs is 1. The van der Waals surface area contributed by atoms with Gasteiger partial charge in [-0.1, -0.05) is 13.8 Å². The van der Waals surface area contributed by atoms with Crippen LogP contribution in [0.3, 0.4) is 0 Å². The van der Waals surface area contributed by atoms with Gasteiger partial charge < -0.3 is 14.8 Å². The van der Waals surface area contributed by atoms with Gasteiger partial charge in [-0.15, -0.1) is 22.7 Å². The minimum absolute atomic E-state index is 0.148. The third-order valence-electron chi connectivity index (χ3n) is 3.97. The number of hydrogen-bond acceptors (Lipinski definition) is 8. The number of hydrogen-bond donors (Lipinski definition) is 1. The highest BCUT2D eigenvalue weighted by Gasteiger charge is 2.21. The molecule has 9 heteroatoms. The Morgan fingerprint density at radius 3 is 2.67 bits per heavy atom. The standard InChI is InChI=1S/C18H22N4O3S2/c1-9(2)17-20-11(8-26-17)6-19-15(23)14-10(3)13-16(25-5)21-12(7-24-4)22-18(13)27-14/h8-9H,6-7H2,1-5H3,(H,19,23). The Bertz CT molecular complexity index is 965. The molecule has 0 unspecified atom stereocenters. The Morgan fingerprint density at radius 2 is 2.04 bits per heavy atom. The summed E-state index contributed by atoms with van der Waals surface area (Å²) in [4.78, 5) is 27.4. The summed E-state index contributed by atoms with van der Waals surface area (Å²) in [6, 6.07) is 0. The van der Waals surface area contributed by atoms with E-state index in [4.69, 9.17) is 9.47 Å². The molecule has 3 rings (SSSR count). The van der Waals surface area contributed by atoms with Crippen LogP contribution in [-0.4, -0.2) is 35.1 Å². The molecule has 7 nitrogen and oxygen atoms in total. The van der Waals surface area contributed by atoms with E-state index >= 15 is 0 Å². The number of nitrogens with zero attached hydrogens (tertiary/aromatic N) is 3. The highest BCUT2D eigenvalue weighted by atomic mass is 32.1. The topological polar surface area (TPSA) is 86.2 Å². The predicted molar refractivity (Wildman–Crippen MR) is 107 cm³/mol. The maximum absolute atomic E-state index is 12.7. The Labute approximate surface area is 165 Å². The lowest BCUT2D eigenvalue weighted by molar-refractivity contribution is 0.0954. The summed E-state index contributed by atoms with van der Waals surface area (Å²) in [6.07, 6.45) is 0. The summed E-state index contributed by atoms with van der Waals surface area (Å²) in [5.74, 6) is 1.22. The van der Waals surface area contributed by atoms with E-state index in [1.54, 1.807) is 25.6 Å². The first-order valence-corrected chi connectivity index (χ1v) is 10.2. The molecule has 0 aromatic carbocycles. The van der Waals surface area contributed by atoms with Crippen molar-refractivity contribution in [3.8, 4) is 5.88 Å². The van der Waals surface area contributed by atoms with Gasteiger partial charge in [-0.05, 0) is 12.5 Å². The molecule has 27 heavy (non-hydrogen) atoms. The third-order valence-corrected chi connectivity index (χ3v) is 6.35. The molecule has 1 amide bonds. The first-order chi connectivity index (χ1) is 12.9. The van der Waals surface area contributed by atoms with Gasteiger partial charge in [0, 0.05) is 18.4 Å². The third kappa shape index (κ3) is 4.10. The van der Waals surface area contributed by atoms with Crippen LogP contribution >= 0.6 is 22.7 Å². The van der Waals surface area contributed by atoms with Crippen LogP contribution in [0.25, 0.3) is 10.2 Å². The van der Waals surface area contributed by atoms with E-state index in [1.807, 2.05) is 12.3 Å². The molecule has 0 saturated carbocycles. The van der Waals surface area contributed by atoms with Crippen LogP contribution in [0, 0.1) is 6.92 Å². The minimum Gasteiger partial charge on any atom is -0.480 e. The van der Waals surface area contributed by atoms with Crippen molar-refractivity contribution in [2.45, 2.75) is 39.8 Å². The maximum Gasteiger partial charge on any atom is 0.262 e. The van der Waals surface area contributed by atoms with E-state index < -0.39 is 0 Å². The summed E-state index contributed by atoms with van der Waals surface area (Å²) in [7, 11) is 3.14. The van der Waals surface area contributed by atoms with Gasteiger partial charge in [0.25, 0.3) is 5.91 Å². The molecule has 0 radical (unpaired) electrons. The number of nitrogens with one attached hydrogen (secondary N) is 1. The van der Waals surface area contributed by atoms with Gasteiger partial charge in [0.1, 0.15) is 11.4 Å². The Kier molecular flexibility index (Phi) is 6.03. The van der Waals surface area contributed by atoms with Crippen LogP contribution in [0.1, 0.15) is 51.5 Å². The van der Waals surface area contributed by atoms with Crippen molar-refractivity contribution in [1.29, 1.82) is 0 Å². The van der Waals surface area contributed by atoms with Crippen LogP contribution in [-0.2, 0) is 17.9 Å². The molecule has 0 aliphatic heterocycles. The lowest BCUT2D eigenvalue weighted by Gasteiger charge is -2.05. The van der Waals surface area contributed by atoms with Crippen molar-refractivity contribution < 1.29 is 14.3 Å². The van der Waals surface area contributed by atoms with E-state index in [-0.39, 0.29) is 12.5 Å². The van der Waals surface area contributed by atoms with Crippen molar-refractivity contribution in [3.05, 3.63) is 32.3 Å². The maximum atomic E-state index is 12.7. The van der Waals surface area contributed by atoms with Crippen molar-refractivity contribution >= 4 is 38.8 Å². The Morgan fingerprint density at radius 1 is 1.26 bits per heavy atom. The van der Waals surface area contributed by atoms with E-state index in [0.717, 1.165) is 21.7 Å². The van der Waals surface area contributed by atoms with Gasteiger partial charge in [-0.2, -0.15) is 4.98 Å². The zero-order chi connectivity index (χ0) is 19.6. The van der Waals surface area contributed by atoms with Gasteiger partial charge in [0.2, 0.25) is 5.88 Å². The second-order valence-corrected chi connectivity index (χ2v) is 8.22. The number of ether oxygens (including phenoxy) is 2. The number of carbonyl (C=O) groups is 1. The van der Waals surface area contributed by atoms with E-state index in [2.05, 4.69) is 34.1 Å². The average Bonchev–Trinajstić information content (AvgIpc) is 3.24. The summed E-state index contributed by atoms with van der Waals surface area (Å²) in [6.45, 7) is 6.78. The van der Waals surface area contributed by atoms with Crippen LogP contribution in [0.2, 0.25) is 0 Å². The van der Waals surface area contributed by atoms with Gasteiger partial charge in [0.05, 0.1) is 34.6 Å². The minimum atomic E-state index is -0.148. The second-order valence-electron chi connectivity index (χ2n) is 6.33. The first kappa shape index (κ1) is 19.7. The number of rotatable bonds is 7. The number of thiophene rings is 1. The molecule has 0 aliphatic carbocycles. The van der Waals surface area contributed by atoms with Gasteiger partial charge in [-0.25, -0.2) is 9.97 Å². The lowest BCUT2D eigenvalue weighted by Crippen LogP contribution is -2.22. The molecule has 0 spiro atoms. The lowest BCUT2D eigenvalue weighted by atomic mass is 10.2. The molecule has 0 saturated heterocycles. The van der Waals surface area contributed by atoms with Crippen LogP contribution in [0.15, 0.2) is 5.38 Å². The summed E-state index contributed by atoms with van der Waals surface area (Å²) < 4.78 is 10.5. The molecule has 144 valence electrons. The molecule has 1 N–H and O–H groups in total. The second kappa shape index (κ2) is 8.28. The number of aryl methyl sites for hydroxylation is 1. The van der Waals surface area contributed by atoms with Gasteiger partial charge in [0.15, 0.2) is 5.82 Å². The number of amides is 1. The van der Waals surface area contributed by atoms with Crippen molar-refractivity contribution in [2.75, 3.05) is 14.2 Å². The van der Waals surface area contributed by atoms with E-state index in [1.165, 1.54) is 11.3 Å². The number of carbonyl (C=O) groups excluding carboxylic acids is 1. The largest absolute Gasteiger partial charge is 0.480 e. The van der Waals surface area contributed by atoms with E-state index in [9.17, 15) is 4.79 Å². The molecule has 3 aromatic heterocycles. The van der Waals surface area contributed by atoms with Crippen molar-refractivity contribution in [3.63, 3.8) is 0 Å². The highest BCUT2D eigenvalue weighted by molar-refractivity contribution is 7.20. The molecule has 0 atom stereocenters. The van der Waals surface area contributed by atoms with Crippen LogP contribution < -0.4 is 10.1 Å². The summed E-state index contributed by atoms with van der Waals surface area (Å²) in [5, 5.41) is 6.77. The molecule has 0 bridgehead atoms. The Balaban J connectivity index is 1.84. The number of methoxy groups -OCH3 is 2. The summed E-state index contributed by atoms with van der Waals surface area (Å²) >= 11 is 2.95. The SMILES string of the molecule is COCc1nc(OC)c2c(C)c(C(=O)NCc3csc(C(C)C)n3)sc2n1. The van der Waals surface area contributed by atoms with Crippen molar-refractivity contribution in [2.24, 2.45) is 0 Å². The fourth-order valence-electron chi connectivity index (χ4n) is 2.62. The molecule has 0 aliphatic rings. The molecular formula is C18H22N4O3S2. The Hall–Kier alpha value is -2.10. The molecular weight excluding hydrogens is 384 g/mol. The van der Waals surface area contributed by atoms with Crippen LogP contribution in [0.5, 0.6) is 5.88 Å². The summed E-state index contributed by atoms with van der Waals surface area (Å²) in [5.41, 5.74) is 1.69. The predicted octanol–water partition coefficient (Wildman–Crippen LogP) is 3.66. The van der Waals surface area contributed by atoms with E-state index in [0.29, 0.717) is 33.9 Å². The highest BCUT2D eigenvalue weighted by Crippen LogP contribution is 2.35. The van der Waals surface area contributed by atoms with Crippen LogP contribution in [0.4, 0.5) is 0 Å². The number of thiazole rings is 1. The normalized spacial score (nSPS) is 11.3. The van der Waals surface area contributed by atoms with Gasteiger partial charge >= 0.3 is 0 Å². The zero-order valence-electron chi connectivity index (χ0n) is 16.0. The fraction of sp³-hybridized carbons (Fsp3) is 0.444. The first-order valence-electron chi connectivity index (χ1n) is 8.50. The zero-order valence-corrected chi connectivity index (χ0v) is 17.6. The molecule has 3 aromatic rings. The molecule has 3 heterocycles. The smallest absolute Gasteiger partial charge is 0.262 e. The monoisotopic (exact) mass is 406 g/mol. The quantitative estimate of drug-likeness (QED) is 0.644. The average molecular weight is 407 g/mol. The molecule has 0 fully saturated rings. The van der Waals surface area contributed by atoms with Crippen molar-refractivity contribution in [1.82, 2.24) is 20.3 Å². The number of aromatic nitrogens is 3. The fourth-order valence-corrected chi connectivity index (χ4v) is 4.56.